The summed E-state index contributed by atoms with van der Waals surface area (Å²) in [5, 5.41) is 19.1. The molecule has 0 amide bonds. The zero-order valence-corrected chi connectivity index (χ0v) is 8.56. The van der Waals surface area contributed by atoms with Gasteiger partial charge >= 0.3 is 0 Å². The highest BCUT2D eigenvalue weighted by Crippen LogP contribution is 2.42. The Hall–Kier alpha value is -0.200. The molecule has 2 rings (SSSR count). The minimum atomic E-state index is -1.20. The Morgan fingerprint density at radius 3 is 2.36 bits per heavy atom. The zero-order chi connectivity index (χ0) is 10.6. The van der Waals surface area contributed by atoms with Crippen LogP contribution in [0.4, 0.5) is 0 Å². The van der Waals surface area contributed by atoms with Crippen molar-refractivity contribution in [3.63, 3.8) is 0 Å². The van der Waals surface area contributed by atoms with Crippen LogP contribution in [0.1, 0.15) is 20.8 Å². The molecule has 82 valence electrons. The molecule has 5 nitrogen and oxygen atoms in total. The molecule has 2 N–H and O–H groups in total. The number of ether oxygens (including phenoxy) is 3. The van der Waals surface area contributed by atoms with Crippen molar-refractivity contribution in [1.29, 1.82) is 0 Å². The van der Waals surface area contributed by atoms with Crippen molar-refractivity contribution in [2.45, 2.75) is 50.7 Å². The minimum absolute atomic E-state index is 0.243. The van der Waals surface area contributed by atoms with Gasteiger partial charge in [-0.1, -0.05) is 0 Å². The lowest BCUT2D eigenvalue weighted by Crippen LogP contribution is -2.47. The summed E-state index contributed by atoms with van der Waals surface area (Å²) in [6.45, 7) is 4.87. The highest BCUT2D eigenvalue weighted by Gasteiger charge is 2.60. The maximum atomic E-state index is 10.1. The van der Waals surface area contributed by atoms with Crippen LogP contribution in [-0.4, -0.2) is 46.7 Å². The minimum Gasteiger partial charge on any atom is -0.394 e. The Labute approximate surface area is 82.6 Å². The summed E-state index contributed by atoms with van der Waals surface area (Å²) in [7, 11) is 0. The molecule has 1 unspecified atom stereocenters. The third-order valence-corrected chi connectivity index (χ3v) is 2.75. The smallest absolute Gasteiger partial charge is 0.190 e. The monoisotopic (exact) mass is 204 g/mol. The van der Waals surface area contributed by atoms with E-state index in [4.69, 9.17) is 19.3 Å². The summed E-state index contributed by atoms with van der Waals surface area (Å²) >= 11 is 0. The molecule has 2 fully saturated rings. The number of fused-ring (bicyclic) bond motifs is 1. The predicted octanol–water partition coefficient (Wildman–Crippen LogP) is -0.394. The van der Waals surface area contributed by atoms with Crippen LogP contribution < -0.4 is 0 Å². The Morgan fingerprint density at radius 2 is 1.86 bits per heavy atom. The Kier molecular flexibility index (Phi) is 2.14. The van der Waals surface area contributed by atoms with Crippen LogP contribution in [0.2, 0.25) is 0 Å². The largest absolute Gasteiger partial charge is 0.394 e. The van der Waals surface area contributed by atoms with E-state index in [0.29, 0.717) is 0 Å². The first-order chi connectivity index (χ1) is 6.37. The summed E-state index contributed by atoms with van der Waals surface area (Å²) in [4.78, 5) is 0. The Balaban J connectivity index is 2.18. The summed E-state index contributed by atoms with van der Waals surface area (Å²) < 4.78 is 16.3. The van der Waals surface area contributed by atoms with Crippen LogP contribution in [-0.2, 0) is 14.2 Å². The Bertz CT molecular complexity index is 237. The van der Waals surface area contributed by atoms with Gasteiger partial charge in [-0.2, -0.15) is 0 Å². The number of hydrogen-bond acceptors (Lipinski definition) is 5. The van der Waals surface area contributed by atoms with E-state index in [1.54, 1.807) is 20.8 Å². The number of aliphatic hydroxyl groups is 2. The fourth-order valence-electron chi connectivity index (χ4n) is 1.94. The summed E-state index contributed by atoms with van der Waals surface area (Å²) in [6.07, 6.45) is -1.76. The van der Waals surface area contributed by atoms with Crippen LogP contribution in [0.3, 0.4) is 0 Å². The predicted molar refractivity (Wildman–Crippen MR) is 46.4 cm³/mol. The second-order valence-corrected chi connectivity index (χ2v) is 4.46. The molecule has 14 heavy (non-hydrogen) atoms. The van der Waals surface area contributed by atoms with Gasteiger partial charge < -0.3 is 24.4 Å². The SMILES string of the molecule is CC1(C)O[C@H]2OC(CO)[C@](C)(O)[C@H]2O1. The van der Waals surface area contributed by atoms with Gasteiger partial charge in [0.15, 0.2) is 12.1 Å². The molecule has 0 aliphatic carbocycles. The standard InChI is InChI=1S/C9H16O5/c1-8(2)13-6-7(14-8)12-5(4-10)9(6,3)11/h5-7,10-11H,4H2,1-3H3/t5?,6-,7+,9-/m0/s1. The molecule has 5 heteroatoms. The van der Waals surface area contributed by atoms with Crippen molar-refractivity contribution in [2.24, 2.45) is 0 Å². The molecule has 0 spiro atoms. The van der Waals surface area contributed by atoms with Gasteiger partial charge in [-0.3, -0.25) is 0 Å². The average molecular weight is 204 g/mol. The summed E-state index contributed by atoms with van der Waals surface area (Å²) in [5.41, 5.74) is -1.20. The highest BCUT2D eigenvalue weighted by atomic mass is 16.8. The number of aliphatic hydroxyl groups excluding tert-OH is 1. The lowest BCUT2D eigenvalue weighted by atomic mass is 9.95. The fourth-order valence-corrected chi connectivity index (χ4v) is 1.94. The van der Waals surface area contributed by atoms with Crippen molar-refractivity contribution < 1.29 is 24.4 Å². The van der Waals surface area contributed by atoms with Gasteiger partial charge in [0.1, 0.15) is 17.8 Å². The van der Waals surface area contributed by atoms with Gasteiger partial charge in [0.25, 0.3) is 0 Å². The van der Waals surface area contributed by atoms with E-state index in [1.807, 2.05) is 0 Å². The van der Waals surface area contributed by atoms with Crippen molar-refractivity contribution in [3.05, 3.63) is 0 Å². The van der Waals surface area contributed by atoms with E-state index in [1.165, 1.54) is 0 Å². The molecule has 4 atom stereocenters. The van der Waals surface area contributed by atoms with Crippen LogP contribution in [0.25, 0.3) is 0 Å². The van der Waals surface area contributed by atoms with Gasteiger partial charge in [0, 0.05) is 0 Å². The first kappa shape index (κ1) is 10.3. The molecular weight excluding hydrogens is 188 g/mol. The third-order valence-electron chi connectivity index (χ3n) is 2.75. The summed E-state index contributed by atoms with van der Waals surface area (Å²) in [5.74, 6) is -0.736. The maximum absolute atomic E-state index is 10.1. The average Bonchev–Trinajstić information content (AvgIpc) is 2.45. The van der Waals surface area contributed by atoms with E-state index >= 15 is 0 Å². The molecule has 0 radical (unpaired) electrons. The highest BCUT2D eigenvalue weighted by molar-refractivity contribution is 5.01. The molecule has 2 aliphatic heterocycles. The first-order valence-corrected chi connectivity index (χ1v) is 4.71. The number of hydrogen-bond donors (Lipinski definition) is 2. The molecule has 0 aromatic heterocycles. The van der Waals surface area contributed by atoms with E-state index in [0.717, 1.165) is 0 Å². The van der Waals surface area contributed by atoms with Crippen LogP contribution in [0.5, 0.6) is 0 Å². The Morgan fingerprint density at radius 1 is 1.21 bits per heavy atom. The quantitative estimate of drug-likeness (QED) is 0.608. The third kappa shape index (κ3) is 1.36. The second kappa shape index (κ2) is 2.90. The van der Waals surface area contributed by atoms with Crippen molar-refractivity contribution >= 4 is 0 Å². The van der Waals surface area contributed by atoms with E-state index in [2.05, 4.69) is 0 Å². The molecule has 2 heterocycles. The van der Waals surface area contributed by atoms with Crippen LogP contribution in [0, 0.1) is 0 Å². The molecule has 0 aromatic carbocycles. The van der Waals surface area contributed by atoms with Gasteiger partial charge in [-0.25, -0.2) is 0 Å². The van der Waals surface area contributed by atoms with E-state index < -0.39 is 29.9 Å². The molecular formula is C9H16O5. The molecule has 2 saturated heterocycles. The normalized spacial score (nSPS) is 50.8. The van der Waals surface area contributed by atoms with E-state index in [9.17, 15) is 5.11 Å². The van der Waals surface area contributed by atoms with E-state index in [-0.39, 0.29) is 6.61 Å². The van der Waals surface area contributed by atoms with Gasteiger partial charge in [-0.05, 0) is 20.8 Å². The number of rotatable bonds is 1. The van der Waals surface area contributed by atoms with Crippen LogP contribution in [0.15, 0.2) is 0 Å². The van der Waals surface area contributed by atoms with Crippen LogP contribution >= 0.6 is 0 Å². The van der Waals surface area contributed by atoms with Gasteiger partial charge in [0.2, 0.25) is 0 Å². The van der Waals surface area contributed by atoms with Crippen molar-refractivity contribution in [1.82, 2.24) is 0 Å². The van der Waals surface area contributed by atoms with Crippen molar-refractivity contribution in [3.8, 4) is 0 Å². The lowest BCUT2D eigenvalue weighted by Gasteiger charge is -2.29. The molecule has 2 aliphatic rings. The lowest BCUT2D eigenvalue weighted by molar-refractivity contribution is -0.230. The van der Waals surface area contributed by atoms with Crippen molar-refractivity contribution in [2.75, 3.05) is 6.61 Å². The van der Waals surface area contributed by atoms with Gasteiger partial charge in [-0.15, -0.1) is 0 Å². The first-order valence-electron chi connectivity index (χ1n) is 4.71. The summed E-state index contributed by atoms with van der Waals surface area (Å²) in [6, 6.07) is 0. The van der Waals surface area contributed by atoms with Gasteiger partial charge in [0.05, 0.1) is 6.61 Å². The second-order valence-electron chi connectivity index (χ2n) is 4.46. The zero-order valence-electron chi connectivity index (χ0n) is 8.56. The molecule has 0 aromatic rings. The topological polar surface area (TPSA) is 68.2 Å². The fraction of sp³-hybridized carbons (Fsp3) is 1.00. The molecule has 0 bridgehead atoms. The molecule has 0 saturated carbocycles. The maximum Gasteiger partial charge on any atom is 0.190 e.